The van der Waals surface area contributed by atoms with Crippen molar-refractivity contribution >= 4 is 26.6 Å². The van der Waals surface area contributed by atoms with E-state index in [9.17, 15) is 12.8 Å². The fourth-order valence-corrected chi connectivity index (χ4v) is 6.02. The minimum absolute atomic E-state index is 0.143. The van der Waals surface area contributed by atoms with Gasteiger partial charge in [0.05, 0.1) is 23.6 Å². The number of nitrogens with zero attached hydrogens (tertiary/aromatic N) is 6. The number of anilines is 1. The smallest absolute Gasteiger partial charge is 0.246 e. The lowest BCUT2D eigenvalue weighted by Gasteiger charge is -2.38. The summed E-state index contributed by atoms with van der Waals surface area (Å²) in [6, 6.07) is 10.3. The van der Waals surface area contributed by atoms with Gasteiger partial charge in [0.1, 0.15) is 10.7 Å². The monoisotopic (exact) mass is 482 g/mol. The molecule has 178 valence electrons. The Morgan fingerprint density at radius 1 is 1.12 bits per heavy atom. The van der Waals surface area contributed by atoms with Gasteiger partial charge in [-0.2, -0.15) is 14.5 Å². The van der Waals surface area contributed by atoms with Crippen LogP contribution in [0.5, 0.6) is 0 Å². The van der Waals surface area contributed by atoms with Crippen molar-refractivity contribution in [3.05, 3.63) is 66.4 Å². The van der Waals surface area contributed by atoms with Crippen LogP contribution in [0, 0.1) is 12.7 Å². The summed E-state index contributed by atoms with van der Waals surface area (Å²) in [5.74, 6) is -0.283. The third-order valence-electron chi connectivity index (χ3n) is 6.57. The maximum atomic E-state index is 13.3. The summed E-state index contributed by atoms with van der Waals surface area (Å²) >= 11 is 0. The molecule has 8 nitrogen and oxygen atoms in total. The maximum absolute atomic E-state index is 13.3. The van der Waals surface area contributed by atoms with Crippen LogP contribution in [-0.2, 0) is 17.1 Å². The number of likely N-dealkylation sites (N-methyl/N-ethyl adjacent to an activating group) is 1. The first-order valence-electron chi connectivity index (χ1n) is 11.2. The molecule has 3 heterocycles. The Hall–Kier alpha value is -3.24. The molecule has 0 aliphatic carbocycles. The zero-order valence-electron chi connectivity index (χ0n) is 19.4. The summed E-state index contributed by atoms with van der Waals surface area (Å²) in [5.41, 5.74) is 3.89. The third kappa shape index (κ3) is 3.97. The lowest BCUT2D eigenvalue weighted by Crippen LogP contribution is -2.48. The Bertz CT molecular complexity index is 1440. The molecule has 1 atom stereocenters. The van der Waals surface area contributed by atoms with Gasteiger partial charge in [0.25, 0.3) is 0 Å². The molecule has 5 rings (SSSR count). The fraction of sp³-hybridized carbons (Fsp3) is 0.333. The quantitative estimate of drug-likeness (QED) is 0.435. The van der Waals surface area contributed by atoms with Crippen molar-refractivity contribution in [2.75, 3.05) is 25.0 Å². The van der Waals surface area contributed by atoms with Crippen LogP contribution in [-0.4, -0.2) is 58.5 Å². The van der Waals surface area contributed by atoms with E-state index in [4.69, 9.17) is 0 Å². The second-order valence-corrected chi connectivity index (χ2v) is 10.8. The predicted molar refractivity (Wildman–Crippen MR) is 129 cm³/mol. The second-order valence-electron chi connectivity index (χ2n) is 8.84. The fourth-order valence-electron chi connectivity index (χ4n) is 4.66. The number of hydrogen-bond donors (Lipinski definition) is 0. The summed E-state index contributed by atoms with van der Waals surface area (Å²) in [5, 5.41) is 9.50. The van der Waals surface area contributed by atoms with Gasteiger partial charge in [0.15, 0.2) is 0 Å². The van der Waals surface area contributed by atoms with Crippen LogP contribution in [0.3, 0.4) is 0 Å². The average Bonchev–Trinajstić information content (AvgIpc) is 3.45. The van der Waals surface area contributed by atoms with Crippen LogP contribution in [0.25, 0.3) is 16.6 Å². The van der Waals surface area contributed by atoms with Crippen molar-refractivity contribution in [2.45, 2.75) is 30.7 Å². The van der Waals surface area contributed by atoms with Crippen molar-refractivity contribution < 1.29 is 12.8 Å². The van der Waals surface area contributed by atoms with Crippen molar-refractivity contribution in [3.63, 3.8) is 0 Å². The normalized spacial score (nSPS) is 17.1. The zero-order chi connectivity index (χ0) is 24.0. The molecule has 0 amide bonds. The zero-order valence-corrected chi connectivity index (χ0v) is 20.2. The van der Waals surface area contributed by atoms with Crippen LogP contribution in [0.2, 0.25) is 0 Å². The molecule has 1 fully saturated rings. The Labute approximate surface area is 198 Å². The number of rotatable bonds is 5. The molecule has 1 aliphatic heterocycles. The molecule has 1 aliphatic rings. The molecule has 2 aromatic heterocycles. The summed E-state index contributed by atoms with van der Waals surface area (Å²) in [7, 11) is -0.256. The van der Waals surface area contributed by atoms with Crippen molar-refractivity contribution in [2.24, 2.45) is 7.05 Å². The Kier molecular flexibility index (Phi) is 5.65. The van der Waals surface area contributed by atoms with E-state index in [-0.39, 0.29) is 16.8 Å². The van der Waals surface area contributed by atoms with E-state index in [0.29, 0.717) is 6.54 Å². The summed E-state index contributed by atoms with van der Waals surface area (Å²) in [4.78, 5) is 2.47. The number of fused-ring (bicyclic) bond motifs is 1. The average molecular weight is 483 g/mol. The Morgan fingerprint density at radius 3 is 2.59 bits per heavy atom. The SMILES string of the molecule is Cc1cc2c(cnn2-c2ccc(F)cc2)cc1N1CCCC(N(C)S(=O)(=O)c2cnn(C)c2)C1. The van der Waals surface area contributed by atoms with Gasteiger partial charge in [-0.1, -0.05) is 0 Å². The highest BCUT2D eigenvalue weighted by Gasteiger charge is 2.32. The van der Waals surface area contributed by atoms with Crippen molar-refractivity contribution in [1.82, 2.24) is 23.9 Å². The molecule has 2 aromatic carbocycles. The number of piperidine rings is 1. The van der Waals surface area contributed by atoms with Gasteiger partial charge in [-0.25, -0.2) is 17.5 Å². The summed E-state index contributed by atoms with van der Waals surface area (Å²) < 4.78 is 44.3. The molecular formula is C24H27FN6O2S. The number of hydrogen-bond acceptors (Lipinski definition) is 5. The molecule has 1 saturated heterocycles. The predicted octanol–water partition coefficient (Wildman–Crippen LogP) is 3.50. The minimum Gasteiger partial charge on any atom is -0.370 e. The second kappa shape index (κ2) is 8.52. The van der Waals surface area contributed by atoms with E-state index >= 15 is 0 Å². The largest absolute Gasteiger partial charge is 0.370 e. The van der Waals surface area contributed by atoms with E-state index in [1.807, 2.05) is 6.20 Å². The number of benzene rings is 2. The lowest BCUT2D eigenvalue weighted by atomic mass is 10.0. The van der Waals surface area contributed by atoms with Crippen LogP contribution < -0.4 is 4.90 Å². The first-order chi connectivity index (χ1) is 16.2. The molecule has 1 unspecified atom stereocenters. The number of aromatic nitrogens is 4. The molecule has 4 aromatic rings. The standard InChI is InChI=1S/C24H27FN6O2S/c1-17-11-24-18(13-27-31(24)20-8-6-19(25)7-9-20)12-23(17)30-10-4-5-21(15-30)29(3)34(32,33)22-14-26-28(2)16-22/h6-9,11-14,16,21H,4-5,10,15H2,1-3H3. The van der Waals surface area contributed by atoms with Crippen LogP contribution in [0.4, 0.5) is 10.1 Å². The molecule has 0 N–H and O–H groups in total. The number of sulfonamides is 1. The molecule has 0 saturated carbocycles. The molecule has 0 spiro atoms. The topological polar surface area (TPSA) is 76.3 Å². The van der Waals surface area contributed by atoms with E-state index in [1.165, 1.54) is 33.5 Å². The van der Waals surface area contributed by atoms with Crippen LogP contribution in [0.1, 0.15) is 18.4 Å². The van der Waals surface area contributed by atoms with Gasteiger partial charge in [-0.05, 0) is 61.7 Å². The highest BCUT2D eigenvalue weighted by atomic mass is 32.2. The summed E-state index contributed by atoms with van der Waals surface area (Å²) in [6.07, 6.45) is 6.43. The van der Waals surface area contributed by atoms with E-state index in [2.05, 4.69) is 34.2 Å². The van der Waals surface area contributed by atoms with Gasteiger partial charge in [0, 0.05) is 50.5 Å². The Morgan fingerprint density at radius 2 is 1.88 bits per heavy atom. The minimum atomic E-state index is -3.62. The molecular weight excluding hydrogens is 455 g/mol. The third-order valence-corrected chi connectivity index (χ3v) is 8.43. The highest BCUT2D eigenvalue weighted by molar-refractivity contribution is 7.89. The van der Waals surface area contributed by atoms with Gasteiger partial charge in [0.2, 0.25) is 10.0 Å². The first-order valence-corrected chi connectivity index (χ1v) is 12.6. The maximum Gasteiger partial charge on any atom is 0.246 e. The van der Waals surface area contributed by atoms with E-state index < -0.39 is 10.0 Å². The van der Waals surface area contributed by atoms with Gasteiger partial charge in [-0.3, -0.25) is 4.68 Å². The van der Waals surface area contributed by atoms with Crippen molar-refractivity contribution in [3.8, 4) is 5.69 Å². The number of halogens is 1. The van der Waals surface area contributed by atoms with Gasteiger partial charge >= 0.3 is 0 Å². The first kappa shape index (κ1) is 22.5. The Balaban J connectivity index is 1.42. The van der Waals surface area contributed by atoms with E-state index in [1.54, 1.807) is 30.9 Å². The molecule has 34 heavy (non-hydrogen) atoms. The lowest BCUT2D eigenvalue weighted by molar-refractivity contribution is 0.320. The molecule has 10 heteroatoms. The number of aryl methyl sites for hydroxylation is 2. The van der Waals surface area contributed by atoms with Gasteiger partial charge in [-0.15, -0.1) is 0 Å². The highest BCUT2D eigenvalue weighted by Crippen LogP contribution is 2.31. The van der Waals surface area contributed by atoms with Crippen molar-refractivity contribution in [1.29, 1.82) is 0 Å². The van der Waals surface area contributed by atoms with Crippen LogP contribution in [0.15, 0.2) is 59.9 Å². The molecule has 0 bridgehead atoms. The molecule has 0 radical (unpaired) electrons. The van der Waals surface area contributed by atoms with E-state index in [0.717, 1.165) is 47.2 Å². The van der Waals surface area contributed by atoms with Crippen LogP contribution >= 0.6 is 0 Å². The van der Waals surface area contributed by atoms with Gasteiger partial charge < -0.3 is 4.90 Å². The summed E-state index contributed by atoms with van der Waals surface area (Å²) in [6.45, 7) is 3.51.